The van der Waals surface area contributed by atoms with Crippen molar-refractivity contribution < 1.29 is 31.5 Å². The second-order valence-corrected chi connectivity index (χ2v) is 3.97. The quantitative estimate of drug-likeness (QED) is 0.630. The number of halogens is 5. The number of para-hydroxylation sites is 1. The van der Waals surface area contributed by atoms with Crippen LogP contribution in [0.1, 0.15) is 15.9 Å². The highest BCUT2D eigenvalue weighted by atomic mass is 19.4. The average Bonchev–Trinajstić information content (AvgIpc) is 2.37. The minimum atomic E-state index is -5.02. The van der Waals surface area contributed by atoms with Gasteiger partial charge in [0.1, 0.15) is 17.4 Å². The molecule has 0 heterocycles. The lowest BCUT2D eigenvalue weighted by atomic mass is 10.0. The van der Waals surface area contributed by atoms with Crippen molar-refractivity contribution in [1.82, 2.24) is 0 Å². The third-order valence-electron chi connectivity index (χ3n) is 2.55. The van der Waals surface area contributed by atoms with Gasteiger partial charge in [0.15, 0.2) is 0 Å². The Morgan fingerprint density at radius 2 is 1.48 bits per heavy atom. The standard InChI is InChI=1S/C14H7F5O2/c15-9-5-3-6-10(16)12(9)13(20)8-4-1-2-7-11(8)21-14(17,18)19/h1-7H. The van der Waals surface area contributed by atoms with Crippen LogP contribution in [0.15, 0.2) is 42.5 Å². The minimum absolute atomic E-state index is 0.584. The summed E-state index contributed by atoms with van der Waals surface area (Å²) < 4.78 is 67.5. The van der Waals surface area contributed by atoms with E-state index in [1.165, 1.54) is 12.1 Å². The minimum Gasteiger partial charge on any atom is -0.405 e. The molecule has 2 rings (SSSR count). The molecule has 0 saturated carbocycles. The summed E-state index contributed by atoms with van der Waals surface area (Å²) in [6.07, 6.45) is -5.02. The molecule has 0 bridgehead atoms. The molecule has 2 aromatic carbocycles. The van der Waals surface area contributed by atoms with Crippen LogP contribution < -0.4 is 4.74 Å². The van der Waals surface area contributed by atoms with Gasteiger partial charge in [-0.05, 0) is 24.3 Å². The zero-order chi connectivity index (χ0) is 15.6. The zero-order valence-electron chi connectivity index (χ0n) is 10.2. The zero-order valence-corrected chi connectivity index (χ0v) is 10.2. The van der Waals surface area contributed by atoms with Crippen molar-refractivity contribution in [2.24, 2.45) is 0 Å². The molecule has 0 N–H and O–H groups in total. The number of alkyl halides is 3. The molecule has 0 atom stereocenters. The second-order valence-electron chi connectivity index (χ2n) is 3.97. The van der Waals surface area contributed by atoms with Gasteiger partial charge in [-0.1, -0.05) is 18.2 Å². The van der Waals surface area contributed by atoms with Gasteiger partial charge in [-0.3, -0.25) is 4.79 Å². The Morgan fingerprint density at radius 3 is 2.05 bits per heavy atom. The summed E-state index contributed by atoms with van der Waals surface area (Å²) in [5.74, 6) is -4.38. The van der Waals surface area contributed by atoms with Gasteiger partial charge in [0.2, 0.25) is 5.78 Å². The Kier molecular flexibility index (Phi) is 3.93. The molecular formula is C14H7F5O2. The maximum Gasteiger partial charge on any atom is 0.573 e. The topological polar surface area (TPSA) is 26.3 Å². The molecule has 0 aliphatic carbocycles. The van der Waals surface area contributed by atoms with Crippen LogP contribution in [0.3, 0.4) is 0 Å². The molecule has 110 valence electrons. The van der Waals surface area contributed by atoms with E-state index in [0.29, 0.717) is 0 Å². The highest BCUT2D eigenvalue weighted by Gasteiger charge is 2.33. The smallest absolute Gasteiger partial charge is 0.405 e. The van der Waals surface area contributed by atoms with E-state index in [1.54, 1.807) is 0 Å². The van der Waals surface area contributed by atoms with Crippen LogP contribution >= 0.6 is 0 Å². The Morgan fingerprint density at radius 1 is 0.905 bits per heavy atom. The van der Waals surface area contributed by atoms with E-state index in [-0.39, 0.29) is 0 Å². The SMILES string of the molecule is O=C(c1ccccc1OC(F)(F)F)c1c(F)cccc1F. The fourth-order valence-electron chi connectivity index (χ4n) is 1.72. The molecule has 0 spiro atoms. The Labute approximate surface area is 115 Å². The molecule has 0 fully saturated rings. The highest BCUT2D eigenvalue weighted by molar-refractivity contribution is 6.11. The van der Waals surface area contributed by atoms with Crippen molar-refractivity contribution >= 4 is 5.78 Å². The van der Waals surface area contributed by atoms with E-state index >= 15 is 0 Å². The Bertz CT molecular complexity index is 659. The molecule has 7 heteroatoms. The van der Waals surface area contributed by atoms with Gasteiger partial charge in [-0.25, -0.2) is 8.78 Å². The number of benzene rings is 2. The molecule has 0 aromatic heterocycles. The molecule has 0 aliphatic heterocycles. The predicted molar refractivity (Wildman–Crippen MR) is 62.9 cm³/mol. The molecular weight excluding hydrogens is 295 g/mol. The van der Waals surface area contributed by atoms with Gasteiger partial charge in [0, 0.05) is 0 Å². The number of hydrogen-bond donors (Lipinski definition) is 0. The van der Waals surface area contributed by atoms with Gasteiger partial charge >= 0.3 is 6.36 Å². The van der Waals surface area contributed by atoms with Crippen molar-refractivity contribution in [3.8, 4) is 5.75 Å². The fourth-order valence-corrected chi connectivity index (χ4v) is 1.72. The van der Waals surface area contributed by atoms with E-state index in [1.807, 2.05) is 0 Å². The van der Waals surface area contributed by atoms with Crippen molar-refractivity contribution in [2.75, 3.05) is 0 Å². The summed E-state index contributed by atoms with van der Waals surface area (Å²) in [4.78, 5) is 12.1. The molecule has 2 aromatic rings. The van der Waals surface area contributed by atoms with Crippen molar-refractivity contribution in [3.05, 3.63) is 65.2 Å². The van der Waals surface area contributed by atoms with Crippen LogP contribution in [0.25, 0.3) is 0 Å². The van der Waals surface area contributed by atoms with E-state index in [4.69, 9.17) is 0 Å². The molecule has 0 radical (unpaired) electrons. The van der Waals surface area contributed by atoms with Crippen LogP contribution in [-0.2, 0) is 0 Å². The predicted octanol–water partition coefficient (Wildman–Crippen LogP) is 4.09. The second kappa shape index (κ2) is 5.51. The van der Waals surface area contributed by atoms with Crippen LogP contribution in [0.5, 0.6) is 5.75 Å². The number of carbonyl (C=O) groups is 1. The highest BCUT2D eigenvalue weighted by Crippen LogP contribution is 2.29. The molecule has 0 aliphatic rings. The third-order valence-corrected chi connectivity index (χ3v) is 2.55. The summed E-state index contributed by atoms with van der Waals surface area (Å²) in [5.41, 5.74) is -1.52. The summed E-state index contributed by atoms with van der Waals surface area (Å²) in [5, 5.41) is 0. The van der Waals surface area contributed by atoms with Crippen molar-refractivity contribution in [1.29, 1.82) is 0 Å². The van der Waals surface area contributed by atoms with E-state index in [2.05, 4.69) is 4.74 Å². The molecule has 0 unspecified atom stereocenters. The first-order valence-electron chi connectivity index (χ1n) is 5.63. The average molecular weight is 302 g/mol. The van der Waals surface area contributed by atoms with Gasteiger partial charge in [0.05, 0.1) is 11.1 Å². The van der Waals surface area contributed by atoms with E-state index in [9.17, 15) is 26.7 Å². The third kappa shape index (κ3) is 3.36. The van der Waals surface area contributed by atoms with E-state index in [0.717, 1.165) is 30.3 Å². The first-order chi connectivity index (χ1) is 9.79. The van der Waals surface area contributed by atoms with Crippen LogP contribution in [0.4, 0.5) is 22.0 Å². The van der Waals surface area contributed by atoms with Gasteiger partial charge < -0.3 is 4.74 Å². The van der Waals surface area contributed by atoms with Crippen molar-refractivity contribution in [2.45, 2.75) is 6.36 Å². The normalized spacial score (nSPS) is 11.3. The number of rotatable bonds is 3. The lowest BCUT2D eigenvalue weighted by Crippen LogP contribution is -2.19. The summed E-state index contributed by atoms with van der Waals surface area (Å²) >= 11 is 0. The fraction of sp³-hybridized carbons (Fsp3) is 0.0714. The summed E-state index contributed by atoms with van der Waals surface area (Å²) in [6, 6.07) is 7.06. The number of ketones is 1. The molecule has 2 nitrogen and oxygen atoms in total. The van der Waals surface area contributed by atoms with Crippen LogP contribution in [-0.4, -0.2) is 12.1 Å². The van der Waals surface area contributed by atoms with Gasteiger partial charge in [-0.15, -0.1) is 13.2 Å². The number of ether oxygens (including phenoxy) is 1. The first kappa shape index (κ1) is 15.0. The summed E-state index contributed by atoms with van der Waals surface area (Å²) in [7, 11) is 0. The maximum atomic E-state index is 13.5. The largest absolute Gasteiger partial charge is 0.573 e. The molecule has 0 saturated heterocycles. The molecule has 21 heavy (non-hydrogen) atoms. The molecule has 0 amide bonds. The van der Waals surface area contributed by atoms with Gasteiger partial charge in [0.25, 0.3) is 0 Å². The Balaban J connectivity index is 2.50. The Hall–Kier alpha value is -2.44. The summed E-state index contributed by atoms with van der Waals surface area (Å²) in [6.45, 7) is 0. The van der Waals surface area contributed by atoms with Crippen LogP contribution in [0, 0.1) is 11.6 Å². The monoisotopic (exact) mass is 302 g/mol. The lowest BCUT2D eigenvalue weighted by Gasteiger charge is -2.12. The van der Waals surface area contributed by atoms with Crippen molar-refractivity contribution in [3.63, 3.8) is 0 Å². The lowest BCUT2D eigenvalue weighted by molar-refractivity contribution is -0.274. The van der Waals surface area contributed by atoms with Crippen LogP contribution in [0.2, 0.25) is 0 Å². The van der Waals surface area contributed by atoms with E-state index < -0.39 is 40.7 Å². The maximum absolute atomic E-state index is 13.5. The number of hydrogen-bond acceptors (Lipinski definition) is 2. The number of carbonyl (C=O) groups excluding carboxylic acids is 1. The van der Waals surface area contributed by atoms with Gasteiger partial charge in [-0.2, -0.15) is 0 Å². The first-order valence-corrected chi connectivity index (χ1v) is 5.63.